The van der Waals surface area contributed by atoms with Crippen molar-refractivity contribution in [3.63, 3.8) is 0 Å². The Hall–Kier alpha value is -1.25. The Bertz CT molecular complexity index is 370. The summed E-state index contributed by atoms with van der Waals surface area (Å²) >= 11 is 0. The molecule has 1 aromatic rings. The molecule has 0 fully saturated rings. The molecule has 6 nitrogen and oxygen atoms in total. The Kier molecular flexibility index (Phi) is 3.53. The summed E-state index contributed by atoms with van der Waals surface area (Å²) in [5, 5.41) is 8.31. The number of carbonyl (C=O) groups is 1. The van der Waals surface area contributed by atoms with Gasteiger partial charge >= 0.3 is 30.5 Å². The van der Waals surface area contributed by atoms with Crippen molar-refractivity contribution in [3.05, 3.63) is 32.6 Å². The number of aromatic carboxylic acids is 1. The third kappa shape index (κ3) is 2.41. The van der Waals surface area contributed by atoms with Crippen LogP contribution in [-0.2, 0) is 0 Å². The Morgan fingerprint density at radius 1 is 1.42 bits per heavy atom. The van der Waals surface area contributed by atoms with Crippen molar-refractivity contribution in [1.82, 2.24) is 9.97 Å². The fourth-order valence-corrected chi connectivity index (χ4v) is 0.584. The van der Waals surface area contributed by atoms with Crippen molar-refractivity contribution < 1.29 is 30.2 Å². The summed E-state index contributed by atoms with van der Waals surface area (Å²) in [4.78, 5) is 34.9. The van der Waals surface area contributed by atoms with Crippen LogP contribution >= 0.6 is 0 Å². The number of hydrogen-bond donors (Lipinski definition) is 3. The molecule has 1 aromatic heterocycles. The standard InChI is InChI=1S/C5H4N2O4.Li.H/c8-3-1-2(4(9)10)6-5(11)7-3;;/h1H,(H,9,10)(H2,6,7,8,11);;/q;+1;-1. The molecule has 0 aliphatic carbocycles. The maximum Gasteiger partial charge on any atom is 1.00 e. The number of aromatic amines is 2. The van der Waals surface area contributed by atoms with Gasteiger partial charge in [0.25, 0.3) is 5.56 Å². The average molecular weight is 164 g/mol. The van der Waals surface area contributed by atoms with Gasteiger partial charge in [-0.1, -0.05) is 0 Å². The summed E-state index contributed by atoms with van der Waals surface area (Å²) < 4.78 is 0. The van der Waals surface area contributed by atoms with Gasteiger partial charge in [0, 0.05) is 6.07 Å². The number of rotatable bonds is 1. The molecule has 7 heteroatoms. The molecule has 0 atom stereocenters. The summed E-state index contributed by atoms with van der Waals surface area (Å²) in [6.45, 7) is 0. The van der Waals surface area contributed by atoms with E-state index in [4.69, 9.17) is 5.11 Å². The molecular formula is C5H5LiN2O4. The van der Waals surface area contributed by atoms with E-state index in [1.54, 1.807) is 0 Å². The maximum absolute atomic E-state index is 10.5. The second-order valence-corrected chi connectivity index (χ2v) is 1.81. The average Bonchev–Trinajstić information content (AvgIpc) is 1.85. The number of aromatic nitrogens is 2. The van der Waals surface area contributed by atoms with Gasteiger partial charge in [-0.15, -0.1) is 0 Å². The van der Waals surface area contributed by atoms with Gasteiger partial charge in [0.1, 0.15) is 5.69 Å². The van der Waals surface area contributed by atoms with Crippen molar-refractivity contribution in [2.24, 2.45) is 0 Å². The first-order chi connectivity index (χ1) is 5.09. The Balaban J connectivity index is 0. The van der Waals surface area contributed by atoms with E-state index in [0.717, 1.165) is 6.07 Å². The molecule has 1 heterocycles. The molecule has 60 valence electrons. The van der Waals surface area contributed by atoms with Crippen LogP contribution in [0.1, 0.15) is 11.9 Å². The smallest absolute Gasteiger partial charge is 1.00 e. The molecule has 0 unspecified atom stereocenters. The zero-order valence-corrected chi connectivity index (χ0v) is 6.25. The van der Waals surface area contributed by atoms with E-state index in [2.05, 4.69) is 0 Å². The molecule has 0 aliphatic rings. The largest absolute Gasteiger partial charge is 1.00 e. The predicted molar refractivity (Wildman–Crippen MR) is 35.8 cm³/mol. The minimum atomic E-state index is -1.34. The van der Waals surface area contributed by atoms with E-state index >= 15 is 0 Å². The van der Waals surface area contributed by atoms with E-state index < -0.39 is 22.9 Å². The maximum atomic E-state index is 10.5. The fourth-order valence-electron chi connectivity index (χ4n) is 0.584. The van der Waals surface area contributed by atoms with Gasteiger partial charge in [0.15, 0.2) is 0 Å². The SMILES string of the molecule is O=C(O)c1cc(=O)[nH]c(=O)[nH]1.[H-].[Li+]. The zero-order valence-electron chi connectivity index (χ0n) is 7.25. The molecule has 3 N–H and O–H groups in total. The van der Waals surface area contributed by atoms with Crippen molar-refractivity contribution in [2.75, 3.05) is 0 Å². The molecule has 0 bridgehead atoms. The molecule has 0 saturated carbocycles. The molecule has 0 radical (unpaired) electrons. The predicted octanol–water partition coefficient (Wildman–Crippen LogP) is -4.12. The fraction of sp³-hybridized carbons (Fsp3) is 0. The summed E-state index contributed by atoms with van der Waals surface area (Å²) in [5.74, 6) is -1.34. The van der Waals surface area contributed by atoms with Gasteiger partial charge in [0.2, 0.25) is 0 Å². The van der Waals surface area contributed by atoms with Gasteiger partial charge in [-0.25, -0.2) is 9.59 Å². The van der Waals surface area contributed by atoms with Crippen LogP contribution in [-0.4, -0.2) is 21.0 Å². The second kappa shape index (κ2) is 3.95. The van der Waals surface area contributed by atoms with Gasteiger partial charge in [-0.2, -0.15) is 0 Å². The van der Waals surface area contributed by atoms with Crippen LogP contribution in [0.25, 0.3) is 0 Å². The number of nitrogens with one attached hydrogen (secondary N) is 2. The summed E-state index contributed by atoms with van der Waals surface area (Å²) in [6.07, 6.45) is 0. The number of carboxylic acid groups (broad SMARTS) is 1. The van der Waals surface area contributed by atoms with Crippen molar-refractivity contribution in [1.29, 1.82) is 0 Å². The van der Waals surface area contributed by atoms with E-state index in [1.807, 2.05) is 9.97 Å². The van der Waals surface area contributed by atoms with Crippen LogP contribution in [0.4, 0.5) is 0 Å². The van der Waals surface area contributed by atoms with Crippen molar-refractivity contribution in [3.8, 4) is 0 Å². The van der Waals surface area contributed by atoms with Crippen LogP contribution in [0.2, 0.25) is 0 Å². The first kappa shape index (κ1) is 10.7. The van der Waals surface area contributed by atoms with E-state index in [9.17, 15) is 14.4 Å². The second-order valence-electron chi connectivity index (χ2n) is 1.81. The third-order valence-electron chi connectivity index (χ3n) is 0.991. The van der Waals surface area contributed by atoms with Gasteiger partial charge in [-0.3, -0.25) is 9.78 Å². The molecule has 0 saturated heterocycles. The quantitative estimate of drug-likeness (QED) is 0.367. The first-order valence-electron chi connectivity index (χ1n) is 2.66. The number of H-pyrrole nitrogens is 2. The molecule has 0 aliphatic heterocycles. The topological polar surface area (TPSA) is 103 Å². The Labute approximate surface area is 79.3 Å². The molecular weight excluding hydrogens is 159 g/mol. The molecule has 12 heavy (non-hydrogen) atoms. The Morgan fingerprint density at radius 3 is 2.42 bits per heavy atom. The van der Waals surface area contributed by atoms with Gasteiger partial charge < -0.3 is 11.5 Å². The van der Waals surface area contributed by atoms with Gasteiger partial charge in [-0.05, 0) is 0 Å². The normalized spacial score (nSPS) is 8.67. The van der Waals surface area contributed by atoms with Gasteiger partial charge in [0.05, 0.1) is 0 Å². The summed E-state index contributed by atoms with van der Waals surface area (Å²) in [5.41, 5.74) is -1.97. The van der Waals surface area contributed by atoms with Crippen molar-refractivity contribution in [2.45, 2.75) is 0 Å². The number of hydrogen-bond acceptors (Lipinski definition) is 3. The summed E-state index contributed by atoms with van der Waals surface area (Å²) in [6, 6.07) is 0.795. The minimum Gasteiger partial charge on any atom is -1.00 e. The van der Waals surface area contributed by atoms with E-state index in [0.29, 0.717) is 0 Å². The van der Waals surface area contributed by atoms with Crippen LogP contribution < -0.4 is 30.1 Å². The van der Waals surface area contributed by atoms with Crippen molar-refractivity contribution >= 4 is 5.97 Å². The van der Waals surface area contributed by atoms with Crippen LogP contribution in [0.3, 0.4) is 0 Å². The number of carboxylic acids is 1. The third-order valence-corrected chi connectivity index (χ3v) is 0.991. The molecule has 0 amide bonds. The molecule has 0 aromatic carbocycles. The van der Waals surface area contributed by atoms with Crippen LogP contribution in [0.5, 0.6) is 0 Å². The van der Waals surface area contributed by atoms with Crippen LogP contribution in [0.15, 0.2) is 15.7 Å². The van der Waals surface area contributed by atoms with Crippen LogP contribution in [0, 0.1) is 0 Å². The molecule has 0 spiro atoms. The van der Waals surface area contributed by atoms with E-state index in [1.165, 1.54) is 0 Å². The molecule has 1 rings (SSSR count). The monoisotopic (exact) mass is 164 g/mol. The Morgan fingerprint density at radius 2 is 2.00 bits per heavy atom. The first-order valence-corrected chi connectivity index (χ1v) is 2.66. The minimum absolute atomic E-state index is 0. The van der Waals surface area contributed by atoms with E-state index in [-0.39, 0.29) is 20.3 Å². The summed E-state index contributed by atoms with van der Waals surface area (Å²) in [7, 11) is 0. The zero-order chi connectivity index (χ0) is 8.43.